The maximum atomic E-state index is 12.8. The molecular weight excluding hydrogens is 288 g/mol. The van der Waals surface area contributed by atoms with Crippen LogP contribution in [-0.2, 0) is 6.54 Å². The minimum absolute atomic E-state index is 0.177. The van der Waals surface area contributed by atoms with Gasteiger partial charge in [0.1, 0.15) is 0 Å². The van der Waals surface area contributed by atoms with Crippen molar-refractivity contribution in [2.24, 2.45) is 0 Å². The molecule has 0 radical (unpaired) electrons. The van der Waals surface area contributed by atoms with Gasteiger partial charge in [-0.2, -0.15) is 0 Å². The molecule has 4 heteroatoms. The van der Waals surface area contributed by atoms with Crippen LogP contribution in [0.5, 0.6) is 0 Å². The minimum Gasteiger partial charge on any atom is -0.289 e. The number of nitrogens with zero attached hydrogens (tertiary/aromatic N) is 2. The summed E-state index contributed by atoms with van der Waals surface area (Å²) in [5.74, 6) is 0. The highest BCUT2D eigenvalue weighted by atomic mass is 16.2. The zero-order chi connectivity index (χ0) is 16.6. The second-order valence-corrected chi connectivity index (χ2v) is 6.14. The SMILES string of the molecule is Cc1ccc(Cn2c(=O)n(C(C)C)c(=O)c3ccccc32)cc1. The van der Waals surface area contributed by atoms with Gasteiger partial charge in [-0.15, -0.1) is 0 Å². The van der Waals surface area contributed by atoms with Crippen LogP contribution in [0.15, 0.2) is 58.1 Å². The van der Waals surface area contributed by atoms with Crippen LogP contribution in [0.25, 0.3) is 10.9 Å². The molecule has 0 fully saturated rings. The zero-order valence-corrected chi connectivity index (χ0v) is 13.6. The van der Waals surface area contributed by atoms with Crippen molar-refractivity contribution in [2.75, 3.05) is 0 Å². The maximum Gasteiger partial charge on any atom is 0.332 e. The van der Waals surface area contributed by atoms with E-state index < -0.39 is 0 Å². The van der Waals surface area contributed by atoms with Gasteiger partial charge in [-0.05, 0) is 38.5 Å². The Morgan fingerprint density at radius 1 is 0.957 bits per heavy atom. The summed E-state index contributed by atoms with van der Waals surface area (Å²) >= 11 is 0. The molecular formula is C19H20N2O2. The van der Waals surface area contributed by atoms with Gasteiger partial charge < -0.3 is 0 Å². The molecule has 0 saturated carbocycles. The summed E-state index contributed by atoms with van der Waals surface area (Å²) in [5.41, 5.74) is 2.42. The summed E-state index contributed by atoms with van der Waals surface area (Å²) < 4.78 is 3.01. The highest BCUT2D eigenvalue weighted by Gasteiger charge is 2.14. The lowest BCUT2D eigenvalue weighted by Gasteiger charge is -2.16. The van der Waals surface area contributed by atoms with Crippen molar-refractivity contribution in [1.82, 2.24) is 9.13 Å². The molecule has 3 aromatic rings. The molecule has 1 heterocycles. The maximum absolute atomic E-state index is 12.8. The molecule has 3 rings (SSSR count). The van der Waals surface area contributed by atoms with Gasteiger partial charge in [0, 0.05) is 6.04 Å². The van der Waals surface area contributed by atoms with Crippen LogP contribution < -0.4 is 11.2 Å². The molecule has 118 valence electrons. The number of benzene rings is 2. The lowest BCUT2D eigenvalue weighted by Crippen LogP contribution is -2.41. The minimum atomic E-state index is -0.260. The molecule has 0 aliphatic rings. The van der Waals surface area contributed by atoms with Crippen LogP contribution >= 0.6 is 0 Å². The van der Waals surface area contributed by atoms with E-state index in [0.29, 0.717) is 17.4 Å². The monoisotopic (exact) mass is 308 g/mol. The molecule has 0 aliphatic heterocycles. The first-order chi connectivity index (χ1) is 11.0. The molecule has 0 N–H and O–H groups in total. The fourth-order valence-corrected chi connectivity index (χ4v) is 2.82. The van der Waals surface area contributed by atoms with Gasteiger partial charge in [0.05, 0.1) is 17.4 Å². The van der Waals surface area contributed by atoms with Gasteiger partial charge in [0.25, 0.3) is 5.56 Å². The topological polar surface area (TPSA) is 44.0 Å². The molecule has 0 unspecified atom stereocenters. The van der Waals surface area contributed by atoms with Gasteiger partial charge in [-0.1, -0.05) is 42.0 Å². The Kier molecular flexibility index (Phi) is 3.90. The summed E-state index contributed by atoms with van der Waals surface area (Å²) in [7, 11) is 0. The summed E-state index contributed by atoms with van der Waals surface area (Å²) in [6.45, 7) is 6.19. The van der Waals surface area contributed by atoms with E-state index >= 15 is 0 Å². The lowest BCUT2D eigenvalue weighted by atomic mass is 10.1. The van der Waals surface area contributed by atoms with E-state index in [1.165, 1.54) is 10.1 Å². The third-order valence-corrected chi connectivity index (χ3v) is 4.06. The Balaban J connectivity index is 2.28. The number of rotatable bonds is 3. The van der Waals surface area contributed by atoms with E-state index in [1.807, 2.05) is 63.2 Å². The fraction of sp³-hybridized carbons (Fsp3) is 0.263. The summed E-state index contributed by atoms with van der Waals surface area (Å²) in [5, 5.41) is 0.577. The molecule has 0 atom stereocenters. The van der Waals surface area contributed by atoms with Gasteiger partial charge >= 0.3 is 5.69 Å². The summed E-state index contributed by atoms with van der Waals surface area (Å²) in [6.07, 6.45) is 0. The Morgan fingerprint density at radius 2 is 1.61 bits per heavy atom. The van der Waals surface area contributed by atoms with Gasteiger partial charge in [0.2, 0.25) is 0 Å². The summed E-state index contributed by atoms with van der Waals surface area (Å²) in [6, 6.07) is 15.2. The van der Waals surface area contributed by atoms with Crippen molar-refractivity contribution in [3.8, 4) is 0 Å². The Hall–Kier alpha value is -2.62. The van der Waals surface area contributed by atoms with Crippen LogP contribution in [0.1, 0.15) is 31.0 Å². The number of para-hydroxylation sites is 1. The predicted octanol–water partition coefficient (Wildman–Crippen LogP) is 3.10. The first-order valence-electron chi connectivity index (χ1n) is 7.78. The van der Waals surface area contributed by atoms with Crippen molar-refractivity contribution in [2.45, 2.75) is 33.4 Å². The zero-order valence-electron chi connectivity index (χ0n) is 13.6. The largest absolute Gasteiger partial charge is 0.332 e. The molecule has 0 amide bonds. The summed E-state index contributed by atoms with van der Waals surface area (Å²) in [4.78, 5) is 25.4. The van der Waals surface area contributed by atoms with Gasteiger partial charge in [0.15, 0.2) is 0 Å². The van der Waals surface area contributed by atoms with E-state index in [1.54, 1.807) is 10.6 Å². The lowest BCUT2D eigenvalue weighted by molar-refractivity contribution is 0.524. The van der Waals surface area contributed by atoms with Crippen LogP contribution in [0, 0.1) is 6.92 Å². The van der Waals surface area contributed by atoms with Crippen LogP contribution in [0.2, 0.25) is 0 Å². The number of hydrogen-bond donors (Lipinski definition) is 0. The van der Waals surface area contributed by atoms with Gasteiger partial charge in [-0.3, -0.25) is 13.9 Å². The third kappa shape index (κ3) is 2.72. The van der Waals surface area contributed by atoms with Crippen LogP contribution in [0.3, 0.4) is 0 Å². The van der Waals surface area contributed by atoms with E-state index in [4.69, 9.17) is 0 Å². The first-order valence-corrected chi connectivity index (χ1v) is 7.78. The molecule has 0 bridgehead atoms. The molecule has 4 nitrogen and oxygen atoms in total. The predicted molar refractivity (Wildman–Crippen MR) is 93.1 cm³/mol. The number of aromatic nitrogens is 2. The average Bonchev–Trinajstić information content (AvgIpc) is 2.53. The fourth-order valence-electron chi connectivity index (χ4n) is 2.82. The van der Waals surface area contributed by atoms with E-state index in [2.05, 4.69) is 0 Å². The number of hydrogen-bond acceptors (Lipinski definition) is 2. The van der Waals surface area contributed by atoms with Crippen molar-refractivity contribution < 1.29 is 0 Å². The number of aryl methyl sites for hydroxylation is 1. The quantitative estimate of drug-likeness (QED) is 0.746. The molecule has 2 aromatic carbocycles. The van der Waals surface area contributed by atoms with Crippen molar-refractivity contribution in [3.05, 3.63) is 80.5 Å². The van der Waals surface area contributed by atoms with E-state index in [0.717, 1.165) is 5.56 Å². The smallest absolute Gasteiger partial charge is 0.289 e. The Labute approximate surface area is 134 Å². The second kappa shape index (κ2) is 5.88. The molecule has 1 aromatic heterocycles. The highest BCUT2D eigenvalue weighted by molar-refractivity contribution is 5.77. The van der Waals surface area contributed by atoms with Crippen LogP contribution in [0.4, 0.5) is 0 Å². The Bertz CT molecular complexity index is 963. The van der Waals surface area contributed by atoms with Crippen LogP contribution in [-0.4, -0.2) is 9.13 Å². The standard InChI is InChI=1S/C19H20N2O2/c1-13(2)21-18(22)16-6-4-5-7-17(16)20(19(21)23)12-15-10-8-14(3)9-11-15/h4-11,13H,12H2,1-3H3. The third-order valence-electron chi connectivity index (χ3n) is 4.06. The average molecular weight is 308 g/mol. The van der Waals surface area contributed by atoms with Crippen molar-refractivity contribution in [1.29, 1.82) is 0 Å². The van der Waals surface area contributed by atoms with Gasteiger partial charge in [-0.25, -0.2) is 4.79 Å². The highest BCUT2D eigenvalue weighted by Crippen LogP contribution is 2.12. The molecule has 0 saturated heterocycles. The molecule has 0 spiro atoms. The van der Waals surface area contributed by atoms with Crippen molar-refractivity contribution in [3.63, 3.8) is 0 Å². The first kappa shape index (κ1) is 15.3. The second-order valence-electron chi connectivity index (χ2n) is 6.14. The van der Waals surface area contributed by atoms with E-state index in [-0.39, 0.29) is 17.3 Å². The molecule has 23 heavy (non-hydrogen) atoms. The molecule has 0 aliphatic carbocycles. The van der Waals surface area contributed by atoms with Crippen molar-refractivity contribution >= 4 is 10.9 Å². The number of fused-ring (bicyclic) bond motifs is 1. The Morgan fingerprint density at radius 3 is 2.26 bits per heavy atom. The van der Waals surface area contributed by atoms with E-state index in [9.17, 15) is 9.59 Å². The normalized spacial score (nSPS) is 11.3.